The summed E-state index contributed by atoms with van der Waals surface area (Å²) in [7, 11) is -3.49. The Hall–Kier alpha value is -3.18. The average molecular weight is 540 g/mol. The van der Waals surface area contributed by atoms with Gasteiger partial charge in [-0.15, -0.1) is 0 Å². The summed E-state index contributed by atoms with van der Waals surface area (Å²) in [6, 6.07) is 8.95. The van der Waals surface area contributed by atoms with Crippen LogP contribution in [-0.2, 0) is 31.5 Å². The van der Waals surface area contributed by atoms with E-state index in [9.17, 15) is 18.0 Å². The molecule has 11 heteroatoms. The minimum absolute atomic E-state index is 0.140. The molecule has 1 saturated carbocycles. The summed E-state index contributed by atoms with van der Waals surface area (Å²) in [4.78, 5) is 34.5. The molecule has 38 heavy (non-hydrogen) atoms. The molecular weight excluding hydrogens is 506 g/mol. The van der Waals surface area contributed by atoms with E-state index < -0.39 is 21.6 Å². The number of hydrogen-bond acceptors (Lipinski definition) is 7. The molecule has 1 aromatic heterocycles. The highest BCUT2D eigenvalue weighted by Crippen LogP contribution is 2.57. The molecule has 6 rings (SSSR count). The fourth-order valence-corrected chi connectivity index (χ4v) is 6.84. The molecule has 10 nitrogen and oxygen atoms in total. The summed E-state index contributed by atoms with van der Waals surface area (Å²) >= 11 is 0. The number of urea groups is 1. The summed E-state index contributed by atoms with van der Waals surface area (Å²) in [5.41, 5.74) is 1.57. The fraction of sp³-hybridized carbons (Fsp3) is 0.519. The topological polar surface area (TPSA) is 112 Å². The van der Waals surface area contributed by atoms with Crippen molar-refractivity contribution >= 4 is 39.2 Å². The number of hydrogen-bond donors (Lipinski definition) is 1. The average Bonchev–Trinajstić information content (AvgIpc) is 3.54. The molecule has 1 aliphatic carbocycles. The van der Waals surface area contributed by atoms with Gasteiger partial charge in [-0.25, -0.2) is 23.1 Å². The first kappa shape index (κ1) is 25.1. The molecule has 3 fully saturated rings. The molecule has 4 aliphatic rings. The maximum absolute atomic E-state index is 13.7. The Bertz CT molecular complexity index is 1410. The molecule has 0 bridgehead atoms. The van der Waals surface area contributed by atoms with E-state index >= 15 is 0 Å². The summed E-state index contributed by atoms with van der Waals surface area (Å²) in [5, 5.41) is 3.45. The van der Waals surface area contributed by atoms with Crippen molar-refractivity contribution < 1.29 is 22.7 Å². The molecule has 0 radical (unpaired) electrons. The second kappa shape index (κ2) is 8.67. The van der Waals surface area contributed by atoms with Gasteiger partial charge in [-0.3, -0.25) is 9.10 Å². The highest BCUT2D eigenvalue weighted by Gasteiger charge is 2.55. The van der Waals surface area contributed by atoms with Crippen LogP contribution >= 0.6 is 0 Å². The van der Waals surface area contributed by atoms with Gasteiger partial charge in [-0.05, 0) is 74.9 Å². The monoisotopic (exact) mass is 539 g/mol. The van der Waals surface area contributed by atoms with E-state index in [2.05, 4.69) is 10.3 Å². The number of nitrogens with zero attached hydrogens (tertiary/aromatic N) is 4. The van der Waals surface area contributed by atoms with Crippen molar-refractivity contribution in [2.24, 2.45) is 0 Å². The lowest BCUT2D eigenvalue weighted by Crippen LogP contribution is -2.43. The van der Waals surface area contributed by atoms with E-state index in [1.54, 1.807) is 37.1 Å². The third-order valence-electron chi connectivity index (χ3n) is 8.34. The molecule has 0 unspecified atom stereocenters. The van der Waals surface area contributed by atoms with Crippen molar-refractivity contribution in [2.45, 2.75) is 63.1 Å². The smallest absolute Gasteiger partial charge is 0.332 e. The molecule has 2 aromatic rings. The summed E-state index contributed by atoms with van der Waals surface area (Å²) in [5.74, 6) is 0.387. The van der Waals surface area contributed by atoms with Gasteiger partial charge in [-0.1, -0.05) is 6.07 Å². The van der Waals surface area contributed by atoms with E-state index in [0.717, 1.165) is 55.8 Å². The number of benzene rings is 1. The lowest BCUT2D eigenvalue weighted by atomic mass is 9.98. The maximum Gasteiger partial charge on any atom is 0.332 e. The van der Waals surface area contributed by atoms with Crippen molar-refractivity contribution in [3.8, 4) is 0 Å². The van der Waals surface area contributed by atoms with E-state index in [1.807, 2.05) is 18.2 Å². The van der Waals surface area contributed by atoms with Crippen LogP contribution in [0.5, 0.6) is 0 Å². The number of sulfonamides is 1. The summed E-state index contributed by atoms with van der Waals surface area (Å²) in [6.07, 6.45) is 6.59. The third kappa shape index (κ3) is 4.12. The van der Waals surface area contributed by atoms with Crippen LogP contribution in [0.1, 0.15) is 50.7 Å². The fourth-order valence-electron chi connectivity index (χ4n) is 5.85. The molecule has 4 heterocycles. The zero-order valence-electron chi connectivity index (χ0n) is 21.9. The van der Waals surface area contributed by atoms with Gasteiger partial charge in [0.2, 0.25) is 10.0 Å². The summed E-state index contributed by atoms with van der Waals surface area (Å²) < 4.78 is 31.9. The molecule has 1 N–H and O–H groups in total. The van der Waals surface area contributed by atoms with Crippen molar-refractivity contribution in [3.63, 3.8) is 0 Å². The van der Waals surface area contributed by atoms with Crippen molar-refractivity contribution in [3.05, 3.63) is 47.7 Å². The zero-order valence-corrected chi connectivity index (χ0v) is 22.8. The predicted molar refractivity (Wildman–Crippen MR) is 144 cm³/mol. The Morgan fingerprint density at radius 2 is 1.84 bits per heavy atom. The number of rotatable bonds is 6. The molecule has 3 aliphatic heterocycles. The van der Waals surface area contributed by atoms with Crippen molar-refractivity contribution in [1.29, 1.82) is 0 Å². The molecule has 0 atom stereocenters. The number of pyridine rings is 1. The highest BCUT2D eigenvalue weighted by molar-refractivity contribution is 7.92. The predicted octanol–water partition coefficient (Wildman–Crippen LogP) is 3.23. The lowest BCUT2D eigenvalue weighted by Gasteiger charge is -2.28. The minimum atomic E-state index is -3.49. The number of anilines is 3. The molecular formula is C27H33N5O5S. The van der Waals surface area contributed by atoms with Crippen LogP contribution in [0.2, 0.25) is 0 Å². The number of carbonyl (C=O) groups excluding carboxylic acids is 2. The Morgan fingerprint density at radius 1 is 1.11 bits per heavy atom. The standard InChI is InChI=1S/C27H33N5O5S/c1-26(2)24(33)32(20-4-5-21-22(15-20)31(38(3,35)36)17-27(21)9-10-27)25(34)30(26)16-18-6-11-28-23(14-18)29-19-7-12-37-13-8-19/h4-6,11,14-15,19H,7-10,12-13,16-17H2,1-3H3,(H,28,29). The Labute approximate surface area is 223 Å². The van der Waals surface area contributed by atoms with Gasteiger partial charge < -0.3 is 15.0 Å². The van der Waals surface area contributed by atoms with Crippen LogP contribution in [-0.4, -0.2) is 67.8 Å². The minimum Gasteiger partial charge on any atom is -0.381 e. The van der Waals surface area contributed by atoms with Crippen molar-refractivity contribution in [1.82, 2.24) is 9.88 Å². The first-order valence-corrected chi connectivity index (χ1v) is 14.9. The summed E-state index contributed by atoms with van der Waals surface area (Å²) in [6.45, 7) is 5.57. The van der Waals surface area contributed by atoms with Gasteiger partial charge in [-0.2, -0.15) is 0 Å². The number of aromatic nitrogens is 1. The van der Waals surface area contributed by atoms with Crippen LogP contribution in [0.3, 0.4) is 0 Å². The van der Waals surface area contributed by atoms with E-state index in [1.165, 1.54) is 15.5 Å². The van der Waals surface area contributed by atoms with E-state index in [0.29, 0.717) is 17.9 Å². The van der Waals surface area contributed by atoms with Gasteiger partial charge in [0.1, 0.15) is 11.4 Å². The highest BCUT2D eigenvalue weighted by atomic mass is 32.2. The van der Waals surface area contributed by atoms with E-state index in [-0.39, 0.29) is 23.9 Å². The molecule has 1 spiro atoms. The number of amides is 3. The van der Waals surface area contributed by atoms with Gasteiger partial charge >= 0.3 is 6.03 Å². The van der Waals surface area contributed by atoms with Crippen LogP contribution < -0.4 is 14.5 Å². The lowest BCUT2D eigenvalue weighted by molar-refractivity contribution is -0.123. The van der Waals surface area contributed by atoms with Crippen LogP contribution in [0, 0.1) is 0 Å². The number of imide groups is 1. The van der Waals surface area contributed by atoms with Gasteiger partial charge in [0.25, 0.3) is 5.91 Å². The van der Waals surface area contributed by atoms with Crippen LogP contribution in [0.4, 0.5) is 22.0 Å². The Morgan fingerprint density at radius 3 is 2.53 bits per heavy atom. The number of nitrogens with one attached hydrogen (secondary N) is 1. The quantitative estimate of drug-likeness (QED) is 0.561. The zero-order chi connectivity index (χ0) is 26.9. The maximum atomic E-state index is 13.7. The Balaban J connectivity index is 1.27. The Kier molecular flexibility index (Phi) is 5.73. The van der Waals surface area contributed by atoms with Crippen molar-refractivity contribution in [2.75, 3.05) is 40.5 Å². The number of fused-ring (bicyclic) bond motifs is 2. The van der Waals surface area contributed by atoms with Gasteiger partial charge in [0.05, 0.1) is 17.6 Å². The first-order chi connectivity index (χ1) is 18.0. The normalized spacial score (nSPS) is 22.3. The van der Waals surface area contributed by atoms with Crippen LogP contribution in [0.15, 0.2) is 36.5 Å². The van der Waals surface area contributed by atoms with Gasteiger partial charge in [0, 0.05) is 44.0 Å². The second-order valence-corrected chi connectivity index (χ2v) is 13.3. The van der Waals surface area contributed by atoms with Gasteiger partial charge in [0.15, 0.2) is 0 Å². The second-order valence-electron chi connectivity index (χ2n) is 11.4. The first-order valence-electron chi connectivity index (χ1n) is 13.1. The molecule has 202 valence electrons. The van der Waals surface area contributed by atoms with E-state index in [4.69, 9.17) is 4.74 Å². The number of carbonyl (C=O) groups is 2. The number of ether oxygens (including phenoxy) is 1. The molecule has 2 saturated heterocycles. The molecule has 1 aromatic carbocycles. The largest absolute Gasteiger partial charge is 0.381 e. The van der Waals surface area contributed by atoms with Crippen LogP contribution in [0.25, 0.3) is 0 Å². The molecule has 3 amide bonds. The third-order valence-corrected chi connectivity index (χ3v) is 9.47. The SMILES string of the molecule is CC1(C)C(=O)N(c2ccc3c(c2)N(S(C)(=O)=O)CC32CC2)C(=O)N1Cc1ccnc(NC2CCOCC2)c1.